The zero-order valence-corrected chi connectivity index (χ0v) is 11.9. The Morgan fingerprint density at radius 3 is 2.48 bits per heavy atom. The van der Waals surface area contributed by atoms with Crippen LogP contribution < -0.4 is 5.73 Å². The van der Waals surface area contributed by atoms with Crippen molar-refractivity contribution in [3.05, 3.63) is 30.3 Å². The predicted octanol–water partition coefficient (Wildman–Crippen LogP) is -0.457. The van der Waals surface area contributed by atoms with Crippen LogP contribution in [-0.2, 0) is 10.0 Å². The maximum Gasteiger partial charge on any atom is 0.243 e. The second-order valence-electron chi connectivity index (χ2n) is 5.05. The summed E-state index contributed by atoms with van der Waals surface area (Å²) in [5.74, 6) is 0.365. The van der Waals surface area contributed by atoms with Crippen molar-refractivity contribution in [1.29, 1.82) is 0 Å². The number of nitrogen functional groups attached to an aromatic ring is 1. The van der Waals surface area contributed by atoms with E-state index in [0.717, 1.165) is 4.31 Å². The van der Waals surface area contributed by atoms with E-state index in [1.54, 1.807) is 18.2 Å². The number of aliphatic hydroxyl groups is 2. The summed E-state index contributed by atoms with van der Waals surface area (Å²) >= 11 is 0. The fourth-order valence-corrected chi connectivity index (χ4v) is 3.87. The summed E-state index contributed by atoms with van der Waals surface area (Å²) in [5.41, 5.74) is 6.19. The lowest BCUT2D eigenvalue weighted by Crippen LogP contribution is -2.29. The third-order valence-electron chi connectivity index (χ3n) is 3.55. The molecule has 1 fully saturated rings. The minimum atomic E-state index is -3.75. The van der Waals surface area contributed by atoms with Gasteiger partial charge in [-0.2, -0.15) is 4.31 Å². The number of nitrogens with two attached hydrogens (primary N) is 1. The summed E-state index contributed by atoms with van der Waals surface area (Å²) in [7, 11) is -3.75. The quantitative estimate of drug-likeness (QED) is 0.691. The molecular formula is C13H15N3O4S. The van der Waals surface area contributed by atoms with E-state index in [1.165, 1.54) is 12.1 Å². The Bertz CT molecular complexity index is 783. The van der Waals surface area contributed by atoms with E-state index in [1.807, 2.05) is 0 Å². The van der Waals surface area contributed by atoms with E-state index < -0.39 is 22.2 Å². The van der Waals surface area contributed by atoms with Gasteiger partial charge in [0.2, 0.25) is 10.0 Å². The highest BCUT2D eigenvalue weighted by atomic mass is 32.2. The molecule has 1 aromatic carbocycles. The molecule has 0 aliphatic carbocycles. The SMILES string of the molecule is Nc1ccc2cc(S(=O)(=O)N3CC(O)C(O)C3)ccc2n1. The van der Waals surface area contributed by atoms with Gasteiger partial charge in [-0.3, -0.25) is 0 Å². The summed E-state index contributed by atoms with van der Waals surface area (Å²) in [6, 6.07) is 7.84. The number of benzene rings is 1. The Labute approximate surface area is 121 Å². The molecule has 21 heavy (non-hydrogen) atoms. The molecule has 112 valence electrons. The molecule has 0 radical (unpaired) electrons. The van der Waals surface area contributed by atoms with Crippen LogP contribution >= 0.6 is 0 Å². The third kappa shape index (κ3) is 2.46. The number of aromatic nitrogens is 1. The van der Waals surface area contributed by atoms with Crippen LogP contribution in [0.25, 0.3) is 10.9 Å². The average Bonchev–Trinajstić information content (AvgIpc) is 2.78. The van der Waals surface area contributed by atoms with Gasteiger partial charge in [0.1, 0.15) is 5.82 Å². The van der Waals surface area contributed by atoms with Crippen LogP contribution in [0.1, 0.15) is 0 Å². The molecule has 0 bridgehead atoms. The largest absolute Gasteiger partial charge is 0.389 e. The number of anilines is 1. The van der Waals surface area contributed by atoms with Gasteiger partial charge in [0, 0.05) is 18.5 Å². The lowest BCUT2D eigenvalue weighted by atomic mass is 10.2. The first-order valence-corrected chi connectivity index (χ1v) is 7.84. The first-order chi connectivity index (χ1) is 9.88. The van der Waals surface area contributed by atoms with Gasteiger partial charge in [0.25, 0.3) is 0 Å². The summed E-state index contributed by atoms with van der Waals surface area (Å²) < 4.78 is 26.1. The molecule has 0 amide bonds. The first-order valence-electron chi connectivity index (χ1n) is 6.40. The zero-order chi connectivity index (χ0) is 15.2. The fraction of sp³-hybridized carbons (Fsp3) is 0.308. The summed E-state index contributed by atoms with van der Waals surface area (Å²) in [4.78, 5) is 4.21. The maximum atomic E-state index is 12.5. The lowest BCUT2D eigenvalue weighted by molar-refractivity contribution is 0.0572. The highest BCUT2D eigenvalue weighted by Crippen LogP contribution is 2.24. The Morgan fingerprint density at radius 1 is 1.14 bits per heavy atom. The number of fused-ring (bicyclic) bond motifs is 1. The van der Waals surface area contributed by atoms with Crippen LogP contribution in [0.2, 0.25) is 0 Å². The van der Waals surface area contributed by atoms with Gasteiger partial charge in [-0.15, -0.1) is 0 Å². The third-order valence-corrected chi connectivity index (χ3v) is 5.37. The van der Waals surface area contributed by atoms with Crippen molar-refractivity contribution >= 4 is 26.7 Å². The molecule has 0 saturated carbocycles. The molecule has 3 rings (SSSR count). The highest BCUT2D eigenvalue weighted by Gasteiger charge is 2.37. The van der Waals surface area contributed by atoms with Crippen molar-refractivity contribution in [1.82, 2.24) is 9.29 Å². The molecule has 2 heterocycles. The van der Waals surface area contributed by atoms with Gasteiger partial charge in [-0.25, -0.2) is 13.4 Å². The summed E-state index contributed by atoms with van der Waals surface area (Å²) in [5, 5.41) is 19.7. The number of hydrogen-bond acceptors (Lipinski definition) is 6. The van der Waals surface area contributed by atoms with Gasteiger partial charge >= 0.3 is 0 Å². The van der Waals surface area contributed by atoms with Gasteiger partial charge in [-0.05, 0) is 30.3 Å². The Hall–Kier alpha value is -1.74. The summed E-state index contributed by atoms with van der Waals surface area (Å²) in [6.07, 6.45) is -2.11. The number of aliphatic hydroxyl groups excluding tert-OH is 2. The topological polar surface area (TPSA) is 117 Å². The van der Waals surface area contributed by atoms with Crippen molar-refractivity contribution in [2.45, 2.75) is 17.1 Å². The molecule has 7 nitrogen and oxygen atoms in total. The number of hydrogen-bond donors (Lipinski definition) is 3. The van der Waals surface area contributed by atoms with Crippen molar-refractivity contribution in [3.63, 3.8) is 0 Å². The number of sulfonamides is 1. The van der Waals surface area contributed by atoms with Crippen LogP contribution in [0.3, 0.4) is 0 Å². The van der Waals surface area contributed by atoms with Gasteiger partial charge < -0.3 is 15.9 Å². The van der Waals surface area contributed by atoms with Crippen LogP contribution in [0.5, 0.6) is 0 Å². The molecule has 1 aliphatic heterocycles. The molecule has 2 aromatic rings. The molecule has 2 unspecified atom stereocenters. The minimum Gasteiger partial charge on any atom is -0.389 e. The fourth-order valence-electron chi connectivity index (χ4n) is 2.36. The number of rotatable bonds is 2. The van der Waals surface area contributed by atoms with Crippen LogP contribution in [0.15, 0.2) is 35.2 Å². The molecule has 4 N–H and O–H groups in total. The van der Waals surface area contributed by atoms with Gasteiger partial charge in [0.05, 0.1) is 22.6 Å². The number of pyridine rings is 1. The van der Waals surface area contributed by atoms with Gasteiger partial charge in [0.15, 0.2) is 0 Å². The minimum absolute atomic E-state index is 0.0999. The molecular weight excluding hydrogens is 294 g/mol. The number of β-amino-alcohol motifs (C(OH)–C–C–N with tert-alkyl or cyclic N) is 2. The maximum absolute atomic E-state index is 12.5. The summed E-state index contributed by atoms with van der Waals surface area (Å²) in [6.45, 7) is -0.219. The molecule has 2 atom stereocenters. The van der Waals surface area contributed by atoms with E-state index in [2.05, 4.69) is 4.98 Å². The van der Waals surface area contributed by atoms with E-state index >= 15 is 0 Å². The first kappa shape index (κ1) is 14.2. The van der Waals surface area contributed by atoms with Crippen molar-refractivity contribution in [3.8, 4) is 0 Å². The second-order valence-corrected chi connectivity index (χ2v) is 6.99. The Morgan fingerprint density at radius 2 is 1.81 bits per heavy atom. The normalized spacial score (nSPS) is 23.7. The van der Waals surface area contributed by atoms with E-state index in [9.17, 15) is 18.6 Å². The van der Waals surface area contributed by atoms with Crippen molar-refractivity contribution < 1.29 is 18.6 Å². The highest BCUT2D eigenvalue weighted by molar-refractivity contribution is 7.89. The van der Waals surface area contributed by atoms with Crippen LogP contribution in [-0.4, -0.2) is 53.2 Å². The lowest BCUT2D eigenvalue weighted by Gasteiger charge is -2.15. The average molecular weight is 309 g/mol. The van der Waals surface area contributed by atoms with E-state index in [0.29, 0.717) is 16.7 Å². The van der Waals surface area contributed by atoms with Crippen molar-refractivity contribution in [2.75, 3.05) is 18.8 Å². The van der Waals surface area contributed by atoms with E-state index in [4.69, 9.17) is 5.73 Å². The molecule has 8 heteroatoms. The molecule has 1 aromatic heterocycles. The van der Waals surface area contributed by atoms with Crippen LogP contribution in [0.4, 0.5) is 5.82 Å². The molecule has 1 saturated heterocycles. The second kappa shape index (κ2) is 4.92. The van der Waals surface area contributed by atoms with Gasteiger partial charge in [-0.1, -0.05) is 0 Å². The predicted molar refractivity (Wildman–Crippen MR) is 76.9 cm³/mol. The Kier molecular flexibility index (Phi) is 3.33. The van der Waals surface area contributed by atoms with E-state index in [-0.39, 0.29) is 18.0 Å². The smallest absolute Gasteiger partial charge is 0.243 e. The number of nitrogens with zero attached hydrogens (tertiary/aromatic N) is 2. The zero-order valence-electron chi connectivity index (χ0n) is 11.0. The Balaban J connectivity index is 2.01. The van der Waals surface area contributed by atoms with Crippen molar-refractivity contribution in [2.24, 2.45) is 0 Å². The molecule has 1 aliphatic rings. The standard InChI is InChI=1S/C13H15N3O4S/c14-13-4-1-8-5-9(2-3-10(8)15-13)21(19,20)16-6-11(17)12(18)7-16/h1-5,11-12,17-18H,6-7H2,(H2,14,15). The monoisotopic (exact) mass is 309 g/mol. The molecule has 0 spiro atoms. The van der Waals surface area contributed by atoms with Crippen LogP contribution in [0, 0.1) is 0 Å².